The number of nitrogens with one attached hydrogen (secondary N) is 1. The third kappa shape index (κ3) is 3.31. The van der Waals surface area contributed by atoms with Gasteiger partial charge < -0.3 is 10.5 Å². The largest absolute Gasteiger partial charge is 0.465 e. The number of nitrogen functional groups attached to an aromatic ring is 1. The molecule has 6 nitrogen and oxygen atoms in total. The monoisotopic (exact) mass is 330 g/mol. The lowest BCUT2D eigenvalue weighted by atomic mass is 10.2. The fourth-order valence-electron chi connectivity index (χ4n) is 1.53. The molecule has 0 aliphatic carbocycles. The van der Waals surface area contributed by atoms with Crippen molar-refractivity contribution in [1.29, 1.82) is 0 Å². The average molecular weight is 330 g/mol. The summed E-state index contributed by atoms with van der Waals surface area (Å²) in [6.45, 7) is 0. The van der Waals surface area contributed by atoms with E-state index < -0.39 is 21.8 Å². The summed E-state index contributed by atoms with van der Waals surface area (Å²) in [4.78, 5) is 11.4. The lowest BCUT2D eigenvalue weighted by molar-refractivity contribution is 0.0595. The molecule has 0 aliphatic heterocycles. The Bertz CT molecular complexity index is 786. The SMILES string of the molecule is COC(=O)c1cc(NS(=O)(=O)c2cc(N)cs2)ccc1F. The van der Waals surface area contributed by atoms with E-state index >= 15 is 0 Å². The summed E-state index contributed by atoms with van der Waals surface area (Å²) in [7, 11) is -2.74. The Kier molecular flexibility index (Phi) is 4.14. The van der Waals surface area contributed by atoms with Crippen LogP contribution >= 0.6 is 11.3 Å². The molecule has 0 aliphatic rings. The quantitative estimate of drug-likeness (QED) is 0.836. The molecule has 3 N–H and O–H groups in total. The second kappa shape index (κ2) is 5.70. The number of halogens is 1. The first-order valence-electron chi connectivity index (χ1n) is 5.58. The molecular formula is C12H11FN2O4S2. The van der Waals surface area contributed by atoms with E-state index in [-0.39, 0.29) is 15.5 Å². The van der Waals surface area contributed by atoms with Gasteiger partial charge >= 0.3 is 5.97 Å². The Labute approximate surface area is 124 Å². The number of hydrogen-bond donors (Lipinski definition) is 2. The third-order valence-electron chi connectivity index (χ3n) is 2.48. The molecule has 112 valence electrons. The molecule has 0 radical (unpaired) electrons. The summed E-state index contributed by atoms with van der Waals surface area (Å²) < 4.78 is 44.3. The van der Waals surface area contributed by atoms with Crippen LogP contribution in [0.5, 0.6) is 0 Å². The van der Waals surface area contributed by atoms with Crippen LogP contribution in [0, 0.1) is 5.82 Å². The second-order valence-electron chi connectivity index (χ2n) is 3.99. The van der Waals surface area contributed by atoms with Crippen molar-refractivity contribution >= 4 is 38.7 Å². The van der Waals surface area contributed by atoms with Crippen LogP contribution in [0.1, 0.15) is 10.4 Å². The molecule has 2 rings (SSSR count). The molecule has 0 fully saturated rings. The molecule has 9 heteroatoms. The number of carbonyl (C=O) groups is 1. The van der Waals surface area contributed by atoms with Crippen LogP contribution in [0.3, 0.4) is 0 Å². The van der Waals surface area contributed by atoms with Gasteiger partial charge in [0.25, 0.3) is 10.0 Å². The molecule has 0 amide bonds. The minimum absolute atomic E-state index is 0.0175. The van der Waals surface area contributed by atoms with Gasteiger partial charge in [-0.25, -0.2) is 17.6 Å². The highest BCUT2D eigenvalue weighted by atomic mass is 32.2. The zero-order chi connectivity index (χ0) is 15.6. The summed E-state index contributed by atoms with van der Waals surface area (Å²) in [5.41, 5.74) is 5.49. The van der Waals surface area contributed by atoms with Crippen LogP contribution in [0.25, 0.3) is 0 Å². The lowest BCUT2D eigenvalue weighted by Crippen LogP contribution is -2.13. The highest BCUT2D eigenvalue weighted by Gasteiger charge is 2.19. The summed E-state index contributed by atoms with van der Waals surface area (Å²) in [5, 5.41) is 1.49. The zero-order valence-corrected chi connectivity index (χ0v) is 12.4. The van der Waals surface area contributed by atoms with Crippen molar-refractivity contribution < 1.29 is 22.3 Å². The number of benzene rings is 1. The number of ether oxygens (including phenoxy) is 1. The highest BCUT2D eigenvalue weighted by molar-refractivity contribution is 7.94. The van der Waals surface area contributed by atoms with E-state index in [9.17, 15) is 17.6 Å². The topological polar surface area (TPSA) is 98.5 Å². The van der Waals surface area contributed by atoms with E-state index in [2.05, 4.69) is 9.46 Å². The van der Waals surface area contributed by atoms with Gasteiger partial charge in [0, 0.05) is 16.8 Å². The smallest absolute Gasteiger partial charge is 0.340 e. The van der Waals surface area contributed by atoms with Crippen molar-refractivity contribution in [2.75, 3.05) is 17.6 Å². The lowest BCUT2D eigenvalue weighted by Gasteiger charge is -2.08. The maximum Gasteiger partial charge on any atom is 0.340 e. The van der Waals surface area contributed by atoms with Crippen LogP contribution in [0.4, 0.5) is 15.8 Å². The Hall–Kier alpha value is -2.13. The first-order chi connectivity index (χ1) is 9.83. The van der Waals surface area contributed by atoms with Crippen molar-refractivity contribution in [1.82, 2.24) is 0 Å². The van der Waals surface area contributed by atoms with Gasteiger partial charge in [-0.15, -0.1) is 11.3 Å². The molecule has 2 aromatic rings. The van der Waals surface area contributed by atoms with E-state index in [1.807, 2.05) is 0 Å². The molecule has 0 bridgehead atoms. The molecule has 0 saturated carbocycles. The molecular weight excluding hydrogens is 319 g/mol. The maximum absolute atomic E-state index is 13.5. The predicted molar refractivity (Wildman–Crippen MR) is 77.3 cm³/mol. The Morgan fingerprint density at radius 3 is 2.67 bits per heavy atom. The normalized spacial score (nSPS) is 11.1. The fourth-order valence-corrected chi connectivity index (χ4v) is 3.66. The number of esters is 1. The van der Waals surface area contributed by atoms with Crippen molar-refractivity contribution in [3.63, 3.8) is 0 Å². The summed E-state index contributed by atoms with van der Waals surface area (Å²) in [6.07, 6.45) is 0. The molecule has 0 spiro atoms. The van der Waals surface area contributed by atoms with E-state index in [1.54, 1.807) is 0 Å². The molecule has 1 heterocycles. The Morgan fingerprint density at radius 1 is 1.38 bits per heavy atom. The standard InChI is InChI=1S/C12H11FN2O4S2/c1-19-12(16)9-5-8(2-3-10(9)13)15-21(17,18)11-4-7(14)6-20-11/h2-6,15H,14H2,1H3. The van der Waals surface area contributed by atoms with Gasteiger partial charge in [0.05, 0.1) is 12.7 Å². The van der Waals surface area contributed by atoms with Crippen molar-refractivity contribution in [2.45, 2.75) is 4.21 Å². The molecule has 0 atom stereocenters. The predicted octanol–water partition coefficient (Wildman–Crippen LogP) is 2.06. The van der Waals surface area contributed by atoms with Gasteiger partial charge in [0.15, 0.2) is 0 Å². The maximum atomic E-state index is 13.5. The molecule has 1 aromatic heterocycles. The van der Waals surface area contributed by atoms with E-state index in [0.29, 0.717) is 5.69 Å². The second-order valence-corrected chi connectivity index (χ2v) is 6.81. The van der Waals surface area contributed by atoms with Crippen molar-refractivity contribution in [2.24, 2.45) is 0 Å². The van der Waals surface area contributed by atoms with E-state index in [0.717, 1.165) is 30.6 Å². The minimum Gasteiger partial charge on any atom is -0.465 e. The van der Waals surface area contributed by atoms with Crippen molar-refractivity contribution in [3.05, 3.63) is 41.0 Å². The number of nitrogens with two attached hydrogens (primary N) is 1. The molecule has 0 unspecified atom stereocenters. The number of carbonyl (C=O) groups excluding carboxylic acids is 1. The van der Waals surface area contributed by atoms with Crippen LogP contribution in [0.15, 0.2) is 33.9 Å². The zero-order valence-electron chi connectivity index (χ0n) is 10.8. The summed E-state index contributed by atoms with van der Waals surface area (Å²) in [6, 6.07) is 4.55. The van der Waals surface area contributed by atoms with Crippen LogP contribution < -0.4 is 10.5 Å². The molecule has 1 aromatic carbocycles. The first-order valence-corrected chi connectivity index (χ1v) is 7.94. The van der Waals surface area contributed by atoms with Gasteiger partial charge in [-0.1, -0.05) is 0 Å². The number of methoxy groups -OCH3 is 1. The van der Waals surface area contributed by atoms with Gasteiger partial charge in [-0.05, 0) is 24.3 Å². The summed E-state index contributed by atoms with van der Waals surface area (Å²) in [5.74, 6) is -1.70. The number of sulfonamides is 1. The van der Waals surface area contributed by atoms with Gasteiger partial charge in [0.2, 0.25) is 0 Å². The van der Waals surface area contributed by atoms with Crippen LogP contribution in [-0.4, -0.2) is 21.5 Å². The molecule has 0 saturated heterocycles. The Morgan fingerprint density at radius 2 is 2.10 bits per heavy atom. The minimum atomic E-state index is -3.84. The number of thiophene rings is 1. The third-order valence-corrected chi connectivity index (χ3v) is 5.32. The van der Waals surface area contributed by atoms with E-state index in [4.69, 9.17) is 5.73 Å². The average Bonchev–Trinajstić information content (AvgIpc) is 2.87. The van der Waals surface area contributed by atoms with Crippen LogP contribution in [0.2, 0.25) is 0 Å². The number of rotatable bonds is 4. The van der Waals surface area contributed by atoms with Gasteiger partial charge in [-0.3, -0.25) is 4.72 Å². The van der Waals surface area contributed by atoms with E-state index in [1.165, 1.54) is 17.5 Å². The van der Waals surface area contributed by atoms with Crippen LogP contribution in [-0.2, 0) is 14.8 Å². The van der Waals surface area contributed by atoms with Gasteiger partial charge in [-0.2, -0.15) is 0 Å². The molecule has 21 heavy (non-hydrogen) atoms. The summed E-state index contributed by atoms with van der Waals surface area (Å²) >= 11 is 0.953. The van der Waals surface area contributed by atoms with Gasteiger partial charge in [0.1, 0.15) is 10.0 Å². The van der Waals surface area contributed by atoms with Crippen molar-refractivity contribution in [3.8, 4) is 0 Å². The first kappa shape index (κ1) is 15.3. The fraction of sp³-hybridized carbons (Fsp3) is 0.0833. The Balaban J connectivity index is 2.34. The highest BCUT2D eigenvalue weighted by Crippen LogP contribution is 2.25. The number of hydrogen-bond acceptors (Lipinski definition) is 6. The number of anilines is 2.